The zero-order valence-corrected chi connectivity index (χ0v) is 33.2. The van der Waals surface area contributed by atoms with Crippen molar-refractivity contribution in [3.05, 3.63) is 194 Å². The quantitative estimate of drug-likeness (QED) is 0.147. The molecule has 8 aromatic carbocycles. The highest BCUT2D eigenvalue weighted by atomic mass is 16.3. The summed E-state index contributed by atoms with van der Waals surface area (Å²) in [6.45, 7) is 2.23. The second kappa shape index (κ2) is 14.9. The molecule has 0 fully saturated rings. The van der Waals surface area contributed by atoms with Gasteiger partial charge in [-0.3, -0.25) is 0 Å². The van der Waals surface area contributed by atoms with E-state index in [4.69, 9.17) is 19.4 Å². The third-order valence-corrected chi connectivity index (χ3v) is 11.7. The van der Waals surface area contributed by atoms with Crippen molar-refractivity contribution in [2.75, 3.05) is 0 Å². The Morgan fingerprint density at radius 2 is 1.03 bits per heavy atom. The standard InChI is InChI=1S/C55H40N4O/c1-2-3-14-36-25-27-39(28-26-36)54-56-53(38-15-5-4-6-16-38)57-55(58-54)48-20-8-7-17-42(48)37-29-32-41(33-30-37)59-49-23-11-9-18-44(49)45-34-31-40(35-50(45)59)43-21-13-22-47-46-19-10-12-24-51(46)60-52(43)47/h4-13,15-35H,2-3,14H2,1H3. The molecule has 11 rings (SSSR count). The van der Waals surface area contributed by atoms with Crippen LogP contribution in [0.25, 0.3) is 106 Å². The molecule has 5 heteroatoms. The van der Waals surface area contributed by atoms with Crippen LogP contribution in [0.15, 0.2) is 192 Å². The summed E-state index contributed by atoms with van der Waals surface area (Å²) in [6, 6.07) is 66.3. The van der Waals surface area contributed by atoms with Gasteiger partial charge in [-0.25, -0.2) is 15.0 Å². The van der Waals surface area contributed by atoms with Crippen molar-refractivity contribution in [3.63, 3.8) is 0 Å². The largest absolute Gasteiger partial charge is 0.455 e. The fourth-order valence-electron chi connectivity index (χ4n) is 8.65. The molecule has 5 nitrogen and oxygen atoms in total. The lowest BCUT2D eigenvalue weighted by molar-refractivity contribution is 0.670. The van der Waals surface area contributed by atoms with Gasteiger partial charge in [-0.2, -0.15) is 0 Å². The molecule has 0 N–H and O–H groups in total. The number of unbranched alkanes of at least 4 members (excludes halogenated alkanes) is 1. The highest BCUT2D eigenvalue weighted by molar-refractivity contribution is 6.13. The normalized spacial score (nSPS) is 11.6. The lowest BCUT2D eigenvalue weighted by Gasteiger charge is -2.13. The Balaban J connectivity index is 1.01. The van der Waals surface area contributed by atoms with Gasteiger partial charge in [-0.05, 0) is 65.4 Å². The van der Waals surface area contributed by atoms with Gasteiger partial charge in [0.05, 0.1) is 11.0 Å². The van der Waals surface area contributed by atoms with Gasteiger partial charge in [0.25, 0.3) is 0 Å². The van der Waals surface area contributed by atoms with E-state index in [0.717, 1.165) is 84.0 Å². The van der Waals surface area contributed by atoms with E-state index in [1.165, 1.54) is 29.2 Å². The molecule has 60 heavy (non-hydrogen) atoms. The molecule has 0 radical (unpaired) electrons. The molecule has 11 aromatic rings. The van der Waals surface area contributed by atoms with Crippen molar-refractivity contribution in [1.82, 2.24) is 19.5 Å². The van der Waals surface area contributed by atoms with Crippen LogP contribution < -0.4 is 0 Å². The lowest BCUT2D eigenvalue weighted by Crippen LogP contribution is -2.01. The highest BCUT2D eigenvalue weighted by Crippen LogP contribution is 2.40. The average molecular weight is 773 g/mol. The molecule has 286 valence electrons. The van der Waals surface area contributed by atoms with Crippen LogP contribution in [-0.4, -0.2) is 19.5 Å². The van der Waals surface area contributed by atoms with E-state index in [2.05, 4.69) is 169 Å². The minimum absolute atomic E-state index is 0.642. The van der Waals surface area contributed by atoms with E-state index in [1.54, 1.807) is 0 Å². The first-order chi connectivity index (χ1) is 29.7. The molecule has 0 aliphatic carbocycles. The fraction of sp³-hybridized carbons (Fsp3) is 0.0727. The Labute approximate surface area is 348 Å². The van der Waals surface area contributed by atoms with Crippen molar-refractivity contribution in [3.8, 4) is 62.1 Å². The summed E-state index contributed by atoms with van der Waals surface area (Å²) >= 11 is 0. The van der Waals surface area contributed by atoms with Crippen molar-refractivity contribution < 1.29 is 4.42 Å². The van der Waals surface area contributed by atoms with Crippen LogP contribution in [0.2, 0.25) is 0 Å². The lowest BCUT2D eigenvalue weighted by atomic mass is 9.98. The third kappa shape index (κ3) is 6.23. The smallest absolute Gasteiger partial charge is 0.164 e. The molecule has 0 unspecified atom stereocenters. The minimum atomic E-state index is 0.642. The van der Waals surface area contributed by atoms with Crippen LogP contribution in [0.3, 0.4) is 0 Å². The van der Waals surface area contributed by atoms with Crippen LogP contribution in [0.4, 0.5) is 0 Å². The molecular formula is C55H40N4O. The van der Waals surface area contributed by atoms with Crippen molar-refractivity contribution in [2.45, 2.75) is 26.2 Å². The molecule has 3 aromatic heterocycles. The molecular weight excluding hydrogens is 733 g/mol. The summed E-state index contributed by atoms with van der Waals surface area (Å²) < 4.78 is 8.85. The Kier molecular flexibility index (Phi) is 8.85. The van der Waals surface area contributed by atoms with Crippen LogP contribution in [0.1, 0.15) is 25.3 Å². The topological polar surface area (TPSA) is 56.7 Å². The number of nitrogens with zero attached hydrogens (tertiary/aromatic N) is 4. The van der Waals surface area contributed by atoms with Crippen molar-refractivity contribution in [1.29, 1.82) is 0 Å². The predicted octanol–water partition coefficient (Wildman–Crippen LogP) is 14.5. The van der Waals surface area contributed by atoms with Gasteiger partial charge in [0.15, 0.2) is 17.5 Å². The van der Waals surface area contributed by atoms with Gasteiger partial charge < -0.3 is 8.98 Å². The maximum absolute atomic E-state index is 6.48. The predicted molar refractivity (Wildman–Crippen MR) is 247 cm³/mol. The van der Waals surface area contributed by atoms with Gasteiger partial charge in [0.1, 0.15) is 11.2 Å². The third-order valence-electron chi connectivity index (χ3n) is 11.7. The number of aryl methyl sites for hydroxylation is 1. The average Bonchev–Trinajstić information content (AvgIpc) is 3.87. The van der Waals surface area contributed by atoms with E-state index < -0.39 is 0 Å². The molecule has 0 amide bonds. The Morgan fingerprint density at radius 3 is 1.83 bits per heavy atom. The molecule has 0 aliphatic heterocycles. The number of rotatable bonds is 9. The van der Waals surface area contributed by atoms with E-state index in [9.17, 15) is 0 Å². The SMILES string of the molecule is CCCCc1ccc(-c2nc(-c3ccccc3)nc(-c3ccccc3-c3ccc(-n4c5ccccc5c5ccc(-c6cccc7c6oc6ccccc67)cc54)cc3)n2)cc1. The van der Waals surface area contributed by atoms with Crippen LogP contribution in [0.5, 0.6) is 0 Å². The van der Waals surface area contributed by atoms with Crippen molar-refractivity contribution in [2.24, 2.45) is 0 Å². The highest BCUT2D eigenvalue weighted by Gasteiger charge is 2.19. The first-order valence-electron chi connectivity index (χ1n) is 20.7. The maximum Gasteiger partial charge on any atom is 0.164 e. The summed E-state index contributed by atoms with van der Waals surface area (Å²) in [5.74, 6) is 1.95. The van der Waals surface area contributed by atoms with Crippen LogP contribution in [0, 0.1) is 0 Å². The monoisotopic (exact) mass is 772 g/mol. The number of fused-ring (bicyclic) bond motifs is 6. The molecule has 0 saturated carbocycles. The van der Waals surface area contributed by atoms with Gasteiger partial charge in [-0.15, -0.1) is 0 Å². The molecule has 0 bridgehead atoms. The minimum Gasteiger partial charge on any atom is -0.455 e. The maximum atomic E-state index is 6.48. The number of hydrogen-bond acceptors (Lipinski definition) is 4. The zero-order chi connectivity index (χ0) is 40.0. The summed E-state index contributed by atoms with van der Waals surface area (Å²) in [6.07, 6.45) is 3.41. The Bertz CT molecular complexity index is 3340. The molecule has 0 spiro atoms. The van der Waals surface area contributed by atoms with Crippen LogP contribution >= 0.6 is 0 Å². The summed E-state index contributed by atoms with van der Waals surface area (Å²) in [4.78, 5) is 15.2. The number of para-hydroxylation sites is 3. The Hall–Kier alpha value is -7.63. The first kappa shape index (κ1) is 35.5. The summed E-state index contributed by atoms with van der Waals surface area (Å²) in [5, 5.41) is 4.67. The summed E-state index contributed by atoms with van der Waals surface area (Å²) in [7, 11) is 0. The Morgan fingerprint density at radius 1 is 0.433 bits per heavy atom. The van der Waals surface area contributed by atoms with E-state index in [0.29, 0.717) is 17.5 Å². The van der Waals surface area contributed by atoms with Crippen LogP contribution in [-0.2, 0) is 6.42 Å². The second-order valence-corrected chi connectivity index (χ2v) is 15.4. The molecule has 0 atom stereocenters. The molecule has 3 heterocycles. The molecule has 0 aliphatic rings. The van der Waals surface area contributed by atoms with E-state index in [1.807, 2.05) is 30.3 Å². The van der Waals surface area contributed by atoms with Gasteiger partial charge in [0, 0.05) is 49.5 Å². The van der Waals surface area contributed by atoms with Gasteiger partial charge in [-0.1, -0.05) is 171 Å². The van der Waals surface area contributed by atoms with Gasteiger partial charge in [0.2, 0.25) is 0 Å². The zero-order valence-electron chi connectivity index (χ0n) is 33.2. The number of benzene rings is 8. The number of furan rings is 1. The van der Waals surface area contributed by atoms with Gasteiger partial charge >= 0.3 is 0 Å². The van der Waals surface area contributed by atoms with Crippen molar-refractivity contribution >= 4 is 43.7 Å². The second-order valence-electron chi connectivity index (χ2n) is 15.4. The fourth-order valence-corrected chi connectivity index (χ4v) is 8.65. The number of aromatic nitrogens is 4. The van der Waals surface area contributed by atoms with E-state index >= 15 is 0 Å². The summed E-state index contributed by atoms with van der Waals surface area (Å²) in [5.41, 5.74) is 13.7. The van der Waals surface area contributed by atoms with E-state index in [-0.39, 0.29) is 0 Å². The first-order valence-corrected chi connectivity index (χ1v) is 20.7. The number of hydrogen-bond donors (Lipinski definition) is 0. The molecule has 0 saturated heterocycles.